The molecule has 0 fully saturated rings. The zero-order chi connectivity index (χ0) is 18.1. The van der Waals surface area contributed by atoms with Crippen molar-refractivity contribution in [2.24, 2.45) is 0 Å². The molecule has 0 heterocycles. The molecule has 5 heteroatoms. The van der Waals surface area contributed by atoms with Crippen molar-refractivity contribution in [3.8, 4) is 11.8 Å². The molecule has 2 aromatic rings. The molecular formula is C20H19BrN2O2. The van der Waals surface area contributed by atoms with E-state index in [0.29, 0.717) is 17.9 Å². The Labute approximate surface area is 156 Å². The van der Waals surface area contributed by atoms with E-state index >= 15 is 0 Å². The monoisotopic (exact) mass is 398 g/mol. The quantitative estimate of drug-likeness (QED) is 0.433. The minimum absolute atomic E-state index is 0.0520. The van der Waals surface area contributed by atoms with Gasteiger partial charge in [0, 0.05) is 16.6 Å². The fourth-order valence-corrected chi connectivity index (χ4v) is 2.74. The van der Waals surface area contributed by atoms with Gasteiger partial charge in [-0.1, -0.05) is 46.3 Å². The van der Waals surface area contributed by atoms with Crippen LogP contribution in [-0.2, 0) is 11.2 Å². The molecule has 0 radical (unpaired) electrons. The summed E-state index contributed by atoms with van der Waals surface area (Å²) in [5.41, 5.74) is 1.95. The first-order valence-corrected chi connectivity index (χ1v) is 8.71. The number of carbonyl (C=O) groups is 1. The molecule has 1 N–H and O–H groups in total. The van der Waals surface area contributed by atoms with E-state index < -0.39 is 0 Å². The second-order valence-corrected chi connectivity index (χ2v) is 6.32. The lowest BCUT2D eigenvalue weighted by Crippen LogP contribution is -2.25. The number of methoxy groups -OCH3 is 1. The third-order valence-corrected chi connectivity index (χ3v) is 4.12. The first kappa shape index (κ1) is 18.8. The first-order valence-electron chi connectivity index (χ1n) is 7.91. The van der Waals surface area contributed by atoms with Crippen molar-refractivity contribution in [3.05, 3.63) is 69.7 Å². The molecule has 0 saturated carbocycles. The average molecular weight is 399 g/mol. The Bertz CT molecular complexity index is 795. The van der Waals surface area contributed by atoms with Crippen LogP contribution in [0.15, 0.2) is 58.6 Å². The van der Waals surface area contributed by atoms with Crippen LogP contribution in [0.2, 0.25) is 0 Å². The molecule has 0 atom stereocenters. The second-order valence-electron chi connectivity index (χ2n) is 5.40. The van der Waals surface area contributed by atoms with Gasteiger partial charge in [-0.05, 0) is 42.7 Å². The summed E-state index contributed by atoms with van der Waals surface area (Å²) < 4.78 is 6.11. The standard InChI is InChI=1S/C20H19BrN2O2/c1-25-19-10-9-18(21)13-16(19)12-17(14-22)20(24)23-11-5-8-15-6-3-2-4-7-15/h2-4,6-7,9-10,12-13H,5,8,11H2,1H3,(H,23,24)/b17-12-. The Hall–Kier alpha value is -2.58. The Morgan fingerprint density at radius 2 is 2.04 bits per heavy atom. The maximum Gasteiger partial charge on any atom is 0.261 e. The van der Waals surface area contributed by atoms with E-state index in [2.05, 4.69) is 33.4 Å². The summed E-state index contributed by atoms with van der Waals surface area (Å²) >= 11 is 3.38. The number of nitriles is 1. The SMILES string of the molecule is COc1ccc(Br)cc1/C=C(/C#N)C(=O)NCCCc1ccccc1. The first-order chi connectivity index (χ1) is 12.1. The van der Waals surface area contributed by atoms with E-state index in [4.69, 9.17) is 4.74 Å². The van der Waals surface area contributed by atoms with Gasteiger partial charge in [-0.2, -0.15) is 5.26 Å². The maximum atomic E-state index is 12.2. The number of aryl methyl sites for hydroxylation is 1. The van der Waals surface area contributed by atoms with E-state index in [1.54, 1.807) is 19.2 Å². The Balaban J connectivity index is 1.97. The number of hydrogen-bond acceptors (Lipinski definition) is 3. The van der Waals surface area contributed by atoms with Crippen LogP contribution in [0, 0.1) is 11.3 Å². The number of benzene rings is 2. The largest absolute Gasteiger partial charge is 0.496 e. The van der Waals surface area contributed by atoms with Gasteiger partial charge in [0.2, 0.25) is 0 Å². The number of ether oxygens (including phenoxy) is 1. The normalized spacial score (nSPS) is 10.8. The van der Waals surface area contributed by atoms with Crippen molar-refractivity contribution >= 4 is 27.9 Å². The zero-order valence-corrected chi connectivity index (χ0v) is 15.5. The van der Waals surface area contributed by atoms with Crippen LogP contribution < -0.4 is 10.1 Å². The number of nitrogens with zero attached hydrogens (tertiary/aromatic N) is 1. The van der Waals surface area contributed by atoms with E-state index in [-0.39, 0.29) is 11.5 Å². The molecule has 0 bridgehead atoms. The van der Waals surface area contributed by atoms with Crippen LogP contribution in [0.5, 0.6) is 5.75 Å². The van der Waals surface area contributed by atoms with Crippen LogP contribution in [0.3, 0.4) is 0 Å². The smallest absolute Gasteiger partial charge is 0.261 e. The minimum atomic E-state index is -0.377. The Kier molecular flexibility index (Phi) is 7.24. The summed E-state index contributed by atoms with van der Waals surface area (Å²) in [6.45, 7) is 0.516. The van der Waals surface area contributed by atoms with Crippen molar-refractivity contribution in [3.63, 3.8) is 0 Å². The molecule has 0 saturated heterocycles. The van der Waals surface area contributed by atoms with Crippen LogP contribution >= 0.6 is 15.9 Å². The van der Waals surface area contributed by atoms with Crippen LogP contribution in [0.25, 0.3) is 6.08 Å². The van der Waals surface area contributed by atoms with E-state index in [9.17, 15) is 10.1 Å². The van der Waals surface area contributed by atoms with Gasteiger partial charge in [-0.15, -0.1) is 0 Å². The molecule has 0 spiro atoms. The molecule has 0 aliphatic rings. The predicted octanol–water partition coefficient (Wildman–Crippen LogP) is 4.11. The number of nitrogens with one attached hydrogen (secondary N) is 1. The van der Waals surface area contributed by atoms with Gasteiger partial charge in [-0.3, -0.25) is 4.79 Å². The Morgan fingerprint density at radius 1 is 1.28 bits per heavy atom. The fraction of sp³-hybridized carbons (Fsp3) is 0.200. The third kappa shape index (κ3) is 5.77. The van der Waals surface area contributed by atoms with Gasteiger partial charge < -0.3 is 10.1 Å². The van der Waals surface area contributed by atoms with Crippen molar-refractivity contribution in [2.75, 3.05) is 13.7 Å². The topological polar surface area (TPSA) is 62.1 Å². The number of halogens is 1. The van der Waals surface area contributed by atoms with E-state index in [0.717, 1.165) is 17.3 Å². The molecule has 0 unspecified atom stereocenters. The van der Waals surface area contributed by atoms with Gasteiger partial charge in [0.1, 0.15) is 17.4 Å². The molecule has 4 nitrogen and oxygen atoms in total. The summed E-state index contributed by atoms with van der Waals surface area (Å²) in [5, 5.41) is 12.1. The van der Waals surface area contributed by atoms with Gasteiger partial charge in [0.15, 0.2) is 0 Å². The number of hydrogen-bond donors (Lipinski definition) is 1. The summed E-state index contributed by atoms with van der Waals surface area (Å²) in [5.74, 6) is 0.227. The lowest BCUT2D eigenvalue weighted by molar-refractivity contribution is -0.117. The molecule has 25 heavy (non-hydrogen) atoms. The molecule has 0 aliphatic carbocycles. The van der Waals surface area contributed by atoms with E-state index in [1.807, 2.05) is 30.3 Å². The van der Waals surface area contributed by atoms with Crippen LogP contribution in [0.1, 0.15) is 17.5 Å². The predicted molar refractivity (Wildman–Crippen MR) is 102 cm³/mol. The lowest BCUT2D eigenvalue weighted by Gasteiger charge is -2.07. The highest BCUT2D eigenvalue weighted by atomic mass is 79.9. The molecule has 2 aromatic carbocycles. The van der Waals surface area contributed by atoms with Crippen LogP contribution in [-0.4, -0.2) is 19.6 Å². The number of rotatable bonds is 7. The highest BCUT2D eigenvalue weighted by Gasteiger charge is 2.10. The van der Waals surface area contributed by atoms with Gasteiger partial charge >= 0.3 is 0 Å². The van der Waals surface area contributed by atoms with Crippen molar-refractivity contribution in [2.45, 2.75) is 12.8 Å². The summed E-state index contributed by atoms with van der Waals surface area (Å²) in [4.78, 5) is 12.2. The fourth-order valence-electron chi connectivity index (χ4n) is 2.36. The summed E-state index contributed by atoms with van der Waals surface area (Å²) in [6.07, 6.45) is 3.23. The molecule has 1 amide bonds. The molecule has 128 valence electrons. The highest BCUT2D eigenvalue weighted by molar-refractivity contribution is 9.10. The molecular weight excluding hydrogens is 380 g/mol. The third-order valence-electron chi connectivity index (χ3n) is 3.63. The zero-order valence-electron chi connectivity index (χ0n) is 14.0. The maximum absolute atomic E-state index is 12.2. The highest BCUT2D eigenvalue weighted by Crippen LogP contribution is 2.25. The van der Waals surface area contributed by atoms with Crippen LogP contribution in [0.4, 0.5) is 0 Å². The van der Waals surface area contributed by atoms with Gasteiger partial charge in [0.25, 0.3) is 5.91 Å². The summed E-state index contributed by atoms with van der Waals surface area (Å²) in [7, 11) is 1.55. The average Bonchev–Trinajstić information content (AvgIpc) is 2.64. The second kappa shape index (κ2) is 9.65. The molecule has 0 aliphatic heterocycles. The summed E-state index contributed by atoms with van der Waals surface area (Å²) in [6, 6.07) is 17.5. The van der Waals surface area contributed by atoms with Crippen molar-refractivity contribution < 1.29 is 9.53 Å². The Morgan fingerprint density at radius 3 is 2.72 bits per heavy atom. The van der Waals surface area contributed by atoms with E-state index in [1.165, 1.54) is 11.6 Å². The molecule has 2 rings (SSSR count). The molecule has 0 aromatic heterocycles. The van der Waals surface area contributed by atoms with Gasteiger partial charge in [0.05, 0.1) is 7.11 Å². The van der Waals surface area contributed by atoms with Crippen molar-refractivity contribution in [1.82, 2.24) is 5.32 Å². The van der Waals surface area contributed by atoms with Crippen molar-refractivity contribution in [1.29, 1.82) is 5.26 Å². The number of carbonyl (C=O) groups excluding carboxylic acids is 1. The number of amides is 1. The lowest BCUT2D eigenvalue weighted by atomic mass is 10.1. The minimum Gasteiger partial charge on any atom is -0.496 e. The van der Waals surface area contributed by atoms with Gasteiger partial charge in [-0.25, -0.2) is 0 Å².